The second kappa shape index (κ2) is 4.50. The first-order valence-corrected chi connectivity index (χ1v) is 7.14. The van der Waals surface area contributed by atoms with E-state index in [0.29, 0.717) is 10.0 Å². The summed E-state index contributed by atoms with van der Waals surface area (Å²) < 4.78 is 33.0. The van der Waals surface area contributed by atoms with Crippen molar-refractivity contribution in [3.8, 4) is 0 Å². The molecular weight excluding hydrogens is 348 g/mol. The Balaban J connectivity index is 2.05. The number of halogens is 3. The number of fused-ring (bicyclic) bond motifs is 2. The van der Waals surface area contributed by atoms with Gasteiger partial charge in [0.1, 0.15) is 6.54 Å². The molecule has 0 N–H and O–H groups in total. The molecule has 2 aliphatic rings. The summed E-state index contributed by atoms with van der Waals surface area (Å²) in [6, 6.07) is 4.72. The summed E-state index contributed by atoms with van der Waals surface area (Å²) in [5.74, 6) is -3.91. The van der Waals surface area contributed by atoms with Crippen LogP contribution in [0.15, 0.2) is 22.7 Å². The smallest absolute Gasteiger partial charge is 0.325 e. The Morgan fingerprint density at radius 1 is 1.48 bits per heavy atom. The topological polar surface area (TPSA) is 46.6 Å². The summed E-state index contributed by atoms with van der Waals surface area (Å²) >= 11 is 3.25. The van der Waals surface area contributed by atoms with Gasteiger partial charge in [-0.15, -0.1) is 0 Å². The third-order valence-electron chi connectivity index (χ3n) is 4.12. The van der Waals surface area contributed by atoms with Crippen LogP contribution in [-0.4, -0.2) is 42.9 Å². The fourth-order valence-corrected chi connectivity index (χ4v) is 3.26. The molecule has 1 aromatic rings. The minimum atomic E-state index is -2.86. The van der Waals surface area contributed by atoms with E-state index in [-0.39, 0.29) is 25.1 Å². The van der Waals surface area contributed by atoms with Gasteiger partial charge in [-0.25, -0.2) is 8.78 Å². The molecule has 21 heavy (non-hydrogen) atoms. The van der Waals surface area contributed by atoms with Gasteiger partial charge in [-0.1, -0.05) is 15.9 Å². The number of carbonyl (C=O) groups is 2. The number of carbonyl (C=O) groups excluding carboxylic acids is 2. The van der Waals surface area contributed by atoms with Crippen molar-refractivity contribution in [1.29, 1.82) is 0 Å². The van der Waals surface area contributed by atoms with Gasteiger partial charge in [-0.3, -0.25) is 9.59 Å². The van der Waals surface area contributed by atoms with Gasteiger partial charge in [-0.05, 0) is 23.8 Å². The van der Waals surface area contributed by atoms with Crippen LogP contribution in [0.4, 0.5) is 8.78 Å². The number of hydrogen-bond donors (Lipinski definition) is 0. The average molecular weight is 360 g/mol. The minimum absolute atomic E-state index is 0.169. The van der Waals surface area contributed by atoms with Crippen molar-refractivity contribution in [1.82, 2.24) is 4.90 Å². The largest absolute Gasteiger partial charge is 0.468 e. The number of esters is 1. The fourth-order valence-electron chi connectivity index (χ4n) is 2.90. The second-order valence-electron chi connectivity index (χ2n) is 5.39. The zero-order valence-electron chi connectivity index (χ0n) is 11.2. The maximum atomic E-state index is 13.9. The molecule has 0 bridgehead atoms. The summed E-state index contributed by atoms with van der Waals surface area (Å²) in [6.07, 6.45) is -0.311. The van der Waals surface area contributed by atoms with Gasteiger partial charge in [0.25, 0.3) is 11.8 Å². The zero-order valence-corrected chi connectivity index (χ0v) is 12.7. The number of benzene rings is 1. The van der Waals surface area contributed by atoms with Crippen LogP contribution in [0, 0.1) is 0 Å². The molecule has 1 unspecified atom stereocenters. The van der Waals surface area contributed by atoms with Crippen molar-refractivity contribution in [2.45, 2.75) is 17.8 Å². The number of rotatable bonds is 2. The molecule has 1 aliphatic heterocycles. The van der Waals surface area contributed by atoms with E-state index >= 15 is 0 Å². The van der Waals surface area contributed by atoms with Gasteiger partial charge in [0, 0.05) is 23.0 Å². The Hall–Kier alpha value is -1.50. The molecule has 1 heterocycles. The van der Waals surface area contributed by atoms with E-state index in [1.807, 2.05) is 0 Å². The molecule has 1 aromatic carbocycles. The summed E-state index contributed by atoms with van der Waals surface area (Å²) in [4.78, 5) is 24.9. The highest BCUT2D eigenvalue weighted by atomic mass is 79.9. The van der Waals surface area contributed by atoms with Crippen molar-refractivity contribution >= 4 is 27.8 Å². The van der Waals surface area contributed by atoms with Crippen LogP contribution in [-0.2, 0) is 14.9 Å². The number of nitrogens with zero attached hydrogens (tertiary/aromatic N) is 1. The van der Waals surface area contributed by atoms with Crippen LogP contribution >= 0.6 is 15.9 Å². The monoisotopic (exact) mass is 359 g/mol. The molecule has 0 aromatic heterocycles. The number of hydrogen-bond acceptors (Lipinski definition) is 3. The van der Waals surface area contributed by atoms with E-state index in [9.17, 15) is 18.4 Å². The lowest BCUT2D eigenvalue weighted by Gasteiger charge is -2.34. The number of ether oxygens (including phenoxy) is 1. The van der Waals surface area contributed by atoms with Crippen molar-refractivity contribution in [2.24, 2.45) is 0 Å². The van der Waals surface area contributed by atoms with Crippen LogP contribution in [0.3, 0.4) is 0 Å². The lowest BCUT2D eigenvalue weighted by atomic mass is 9.86. The summed E-state index contributed by atoms with van der Waals surface area (Å²) in [6.45, 7) is -0.486. The maximum absolute atomic E-state index is 13.9. The SMILES string of the molecule is COC(=O)CN1CC2(CC2(F)F)c2cc(Br)ccc2C1=O. The van der Waals surface area contributed by atoms with Crippen LogP contribution < -0.4 is 0 Å². The molecule has 1 spiro atoms. The van der Waals surface area contributed by atoms with Crippen molar-refractivity contribution < 1.29 is 23.1 Å². The molecule has 1 atom stereocenters. The molecule has 1 saturated carbocycles. The highest BCUT2D eigenvalue weighted by molar-refractivity contribution is 9.10. The normalized spacial score (nSPS) is 25.7. The third-order valence-corrected chi connectivity index (χ3v) is 4.62. The van der Waals surface area contributed by atoms with Crippen molar-refractivity contribution in [3.63, 3.8) is 0 Å². The van der Waals surface area contributed by atoms with E-state index in [0.717, 1.165) is 4.90 Å². The van der Waals surface area contributed by atoms with Gasteiger partial charge in [0.2, 0.25) is 0 Å². The Bertz CT molecular complexity index is 649. The summed E-state index contributed by atoms with van der Waals surface area (Å²) in [7, 11) is 1.20. The predicted molar refractivity (Wildman–Crippen MR) is 73.3 cm³/mol. The lowest BCUT2D eigenvalue weighted by molar-refractivity contribution is -0.141. The first kappa shape index (κ1) is 14.4. The van der Waals surface area contributed by atoms with Gasteiger partial charge in [0.15, 0.2) is 0 Å². The van der Waals surface area contributed by atoms with Gasteiger partial charge in [0.05, 0.1) is 12.5 Å². The summed E-state index contributed by atoms with van der Waals surface area (Å²) in [5.41, 5.74) is -0.799. The Kier molecular flexibility index (Phi) is 3.09. The molecule has 7 heteroatoms. The second-order valence-corrected chi connectivity index (χ2v) is 6.31. The minimum Gasteiger partial charge on any atom is -0.468 e. The predicted octanol–water partition coefficient (Wildman–Crippen LogP) is 2.35. The fraction of sp³-hybridized carbons (Fsp3) is 0.429. The van der Waals surface area contributed by atoms with E-state index in [1.165, 1.54) is 13.2 Å². The van der Waals surface area contributed by atoms with Crippen molar-refractivity contribution in [2.75, 3.05) is 20.2 Å². The van der Waals surface area contributed by atoms with Crippen LogP contribution in [0.5, 0.6) is 0 Å². The van der Waals surface area contributed by atoms with Gasteiger partial charge in [-0.2, -0.15) is 0 Å². The highest BCUT2D eigenvalue weighted by Crippen LogP contribution is 2.64. The number of amides is 1. The first-order chi connectivity index (χ1) is 9.80. The first-order valence-electron chi connectivity index (χ1n) is 6.35. The molecule has 1 aliphatic carbocycles. The summed E-state index contributed by atoms with van der Waals surface area (Å²) in [5, 5.41) is 0. The third kappa shape index (κ3) is 2.06. The van der Waals surface area contributed by atoms with Crippen LogP contribution in [0.1, 0.15) is 22.3 Å². The molecule has 0 saturated heterocycles. The zero-order chi connectivity index (χ0) is 15.4. The van der Waals surface area contributed by atoms with Crippen LogP contribution in [0.25, 0.3) is 0 Å². The van der Waals surface area contributed by atoms with E-state index in [2.05, 4.69) is 20.7 Å². The molecule has 0 radical (unpaired) electrons. The maximum Gasteiger partial charge on any atom is 0.325 e. The van der Waals surface area contributed by atoms with Gasteiger partial charge < -0.3 is 9.64 Å². The Labute approximate surface area is 128 Å². The van der Waals surface area contributed by atoms with Crippen LogP contribution in [0.2, 0.25) is 0 Å². The highest BCUT2D eigenvalue weighted by Gasteiger charge is 2.74. The molecule has 112 valence electrons. The lowest BCUT2D eigenvalue weighted by Crippen LogP contribution is -2.47. The van der Waals surface area contributed by atoms with E-state index < -0.39 is 23.2 Å². The van der Waals surface area contributed by atoms with Crippen molar-refractivity contribution in [3.05, 3.63) is 33.8 Å². The van der Waals surface area contributed by atoms with E-state index in [1.54, 1.807) is 12.1 Å². The molecule has 4 nitrogen and oxygen atoms in total. The van der Waals surface area contributed by atoms with E-state index in [4.69, 9.17) is 0 Å². The molecule has 1 amide bonds. The standard InChI is InChI=1S/C14H12BrF2NO3/c1-21-11(19)5-18-7-13(6-14(13,16)17)10-4-8(15)2-3-9(10)12(18)20/h2-4H,5-7H2,1H3. The Morgan fingerprint density at radius 2 is 2.14 bits per heavy atom. The average Bonchev–Trinajstić information content (AvgIpc) is 2.97. The molecular formula is C14H12BrF2NO3. The molecule has 3 rings (SSSR count). The number of methoxy groups -OCH3 is 1. The Morgan fingerprint density at radius 3 is 2.71 bits per heavy atom. The number of alkyl halides is 2. The quantitative estimate of drug-likeness (QED) is 0.761. The van der Waals surface area contributed by atoms with Gasteiger partial charge >= 0.3 is 5.97 Å². The molecule has 1 fully saturated rings.